The first kappa shape index (κ1) is 21.0. The molecule has 0 saturated carbocycles. The van der Waals surface area contributed by atoms with E-state index in [9.17, 15) is 4.79 Å². The van der Waals surface area contributed by atoms with Crippen molar-refractivity contribution >= 4 is 40.0 Å². The molecule has 3 N–H and O–H groups in total. The van der Waals surface area contributed by atoms with E-state index < -0.39 is 0 Å². The third kappa shape index (κ3) is 5.26. The SMILES string of the molecule is Cc1nc(NCCc2cnc[nH]2)ccc1C(=O)Nc1ccc(I)c(-c2ccccn2)c1. The lowest BCUT2D eigenvalue weighted by Gasteiger charge is -2.12. The summed E-state index contributed by atoms with van der Waals surface area (Å²) >= 11 is 2.27. The number of hydrogen-bond acceptors (Lipinski definition) is 5. The van der Waals surface area contributed by atoms with Gasteiger partial charge in [0.1, 0.15) is 5.82 Å². The van der Waals surface area contributed by atoms with Gasteiger partial charge in [-0.05, 0) is 72.0 Å². The van der Waals surface area contributed by atoms with Crippen LogP contribution in [0.3, 0.4) is 0 Å². The van der Waals surface area contributed by atoms with Crippen LogP contribution in [-0.2, 0) is 6.42 Å². The van der Waals surface area contributed by atoms with Gasteiger partial charge in [0.25, 0.3) is 5.91 Å². The topological polar surface area (TPSA) is 95.6 Å². The van der Waals surface area contributed by atoms with Crippen molar-refractivity contribution < 1.29 is 4.79 Å². The molecule has 0 bridgehead atoms. The molecule has 8 heteroatoms. The van der Waals surface area contributed by atoms with Gasteiger partial charge in [-0.15, -0.1) is 0 Å². The molecule has 156 valence electrons. The predicted octanol–water partition coefficient (Wildman–Crippen LogP) is 4.69. The van der Waals surface area contributed by atoms with E-state index in [1.807, 2.05) is 49.4 Å². The van der Waals surface area contributed by atoms with E-state index in [2.05, 4.69) is 53.2 Å². The summed E-state index contributed by atoms with van der Waals surface area (Å²) in [4.78, 5) is 28.9. The van der Waals surface area contributed by atoms with E-state index >= 15 is 0 Å². The monoisotopic (exact) mass is 524 g/mol. The van der Waals surface area contributed by atoms with Crippen molar-refractivity contribution in [3.8, 4) is 11.3 Å². The minimum absolute atomic E-state index is 0.192. The number of nitrogens with one attached hydrogen (secondary N) is 3. The number of rotatable bonds is 7. The first-order chi connectivity index (χ1) is 15.1. The molecule has 0 aliphatic rings. The van der Waals surface area contributed by atoms with Crippen LogP contribution in [0.25, 0.3) is 11.3 Å². The second-order valence-corrected chi connectivity index (χ2v) is 8.11. The fourth-order valence-electron chi connectivity index (χ4n) is 3.17. The third-order valence-corrected chi connectivity index (χ3v) is 5.69. The summed E-state index contributed by atoms with van der Waals surface area (Å²) in [6.45, 7) is 2.56. The molecule has 0 spiro atoms. The maximum absolute atomic E-state index is 12.8. The van der Waals surface area contributed by atoms with E-state index in [1.54, 1.807) is 24.8 Å². The zero-order chi connectivity index (χ0) is 21.6. The van der Waals surface area contributed by atoms with Gasteiger partial charge in [0.2, 0.25) is 0 Å². The van der Waals surface area contributed by atoms with Crippen molar-refractivity contribution in [1.29, 1.82) is 0 Å². The van der Waals surface area contributed by atoms with E-state index in [4.69, 9.17) is 0 Å². The molecule has 4 aromatic rings. The first-order valence-electron chi connectivity index (χ1n) is 9.81. The highest BCUT2D eigenvalue weighted by Crippen LogP contribution is 2.27. The van der Waals surface area contributed by atoms with Gasteiger partial charge in [-0.3, -0.25) is 9.78 Å². The molecular weight excluding hydrogens is 503 g/mol. The van der Waals surface area contributed by atoms with Crippen LogP contribution in [0.4, 0.5) is 11.5 Å². The highest BCUT2D eigenvalue weighted by molar-refractivity contribution is 14.1. The molecule has 0 radical (unpaired) electrons. The molecule has 31 heavy (non-hydrogen) atoms. The number of amides is 1. The second-order valence-electron chi connectivity index (χ2n) is 6.95. The highest BCUT2D eigenvalue weighted by atomic mass is 127. The standard InChI is InChI=1S/C23H21IN6O/c1-15-18(6-8-22(29-15)27-11-9-17-13-25-14-28-17)23(31)30-16-5-7-20(24)19(12-16)21-4-2-3-10-26-21/h2-8,10,12-14H,9,11H2,1H3,(H,25,28)(H,27,29)(H,30,31). The lowest BCUT2D eigenvalue weighted by molar-refractivity contribution is 0.102. The molecule has 1 amide bonds. The number of nitrogens with zero attached hydrogens (tertiary/aromatic N) is 3. The summed E-state index contributed by atoms with van der Waals surface area (Å²) in [5.41, 5.74) is 4.82. The maximum atomic E-state index is 12.8. The molecule has 0 unspecified atom stereocenters. The number of aromatic nitrogens is 4. The smallest absolute Gasteiger partial charge is 0.257 e. The number of carbonyl (C=O) groups excluding carboxylic acids is 1. The number of hydrogen-bond donors (Lipinski definition) is 3. The van der Waals surface area contributed by atoms with Crippen LogP contribution in [0, 0.1) is 10.5 Å². The number of aryl methyl sites for hydroxylation is 1. The Bertz CT molecular complexity index is 1180. The molecule has 4 rings (SSSR count). The predicted molar refractivity (Wildman–Crippen MR) is 130 cm³/mol. The van der Waals surface area contributed by atoms with E-state index in [0.717, 1.165) is 39.3 Å². The summed E-state index contributed by atoms with van der Waals surface area (Å²) < 4.78 is 1.07. The van der Waals surface area contributed by atoms with Crippen LogP contribution in [0.2, 0.25) is 0 Å². The van der Waals surface area contributed by atoms with Crippen molar-refractivity contribution in [3.63, 3.8) is 0 Å². The molecule has 3 aromatic heterocycles. The number of carbonyl (C=O) groups is 1. The molecule has 7 nitrogen and oxygen atoms in total. The largest absolute Gasteiger partial charge is 0.370 e. The molecule has 3 heterocycles. The minimum atomic E-state index is -0.192. The lowest BCUT2D eigenvalue weighted by atomic mass is 10.1. The number of anilines is 2. The fourth-order valence-corrected chi connectivity index (χ4v) is 3.78. The summed E-state index contributed by atoms with van der Waals surface area (Å²) in [5, 5.41) is 6.25. The number of H-pyrrole nitrogens is 1. The van der Waals surface area contributed by atoms with Crippen molar-refractivity contribution in [3.05, 3.63) is 87.8 Å². The van der Waals surface area contributed by atoms with Crippen LogP contribution in [0.15, 0.2) is 67.3 Å². The zero-order valence-corrected chi connectivity index (χ0v) is 19.1. The fraction of sp³-hybridized carbons (Fsp3) is 0.130. The van der Waals surface area contributed by atoms with Crippen LogP contribution >= 0.6 is 22.6 Å². The molecule has 0 fully saturated rings. The average molecular weight is 524 g/mol. The third-order valence-electron chi connectivity index (χ3n) is 4.75. The van der Waals surface area contributed by atoms with Gasteiger partial charge in [0.05, 0.1) is 23.3 Å². The van der Waals surface area contributed by atoms with E-state index in [0.29, 0.717) is 16.9 Å². The van der Waals surface area contributed by atoms with Crippen molar-refractivity contribution in [2.24, 2.45) is 0 Å². The molecular formula is C23H21IN6O. The average Bonchev–Trinajstić information content (AvgIpc) is 3.29. The Morgan fingerprint density at radius 1 is 1.16 bits per heavy atom. The van der Waals surface area contributed by atoms with Crippen molar-refractivity contribution in [2.75, 3.05) is 17.2 Å². The normalized spacial score (nSPS) is 10.6. The lowest BCUT2D eigenvalue weighted by Crippen LogP contribution is -2.15. The van der Waals surface area contributed by atoms with Crippen LogP contribution in [0.5, 0.6) is 0 Å². The maximum Gasteiger partial charge on any atom is 0.257 e. The highest BCUT2D eigenvalue weighted by Gasteiger charge is 2.13. The van der Waals surface area contributed by atoms with Gasteiger partial charge in [-0.25, -0.2) is 9.97 Å². The van der Waals surface area contributed by atoms with Gasteiger partial charge >= 0.3 is 0 Å². The van der Waals surface area contributed by atoms with Crippen LogP contribution in [-0.4, -0.2) is 32.4 Å². The Morgan fingerprint density at radius 3 is 2.81 bits per heavy atom. The minimum Gasteiger partial charge on any atom is -0.370 e. The van der Waals surface area contributed by atoms with Crippen molar-refractivity contribution in [2.45, 2.75) is 13.3 Å². The summed E-state index contributed by atoms with van der Waals surface area (Å²) in [7, 11) is 0. The van der Waals surface area contributed by atoms with Gasteiger partial charge < -0.3 is 15.6 Å². The van der Waals surface area contributed by atoms with Crippen molar-refractivity contribution in [1.82, 2.24) is 19.9 Å². The molecule has 0 saturated heterocycles. The number of pyridine rings is 2. The molecule has 1 aromatic carbocycles. The van der Waals surface area contributed by atoms with Crippen LogP contribution in [0.1, 0.15) is 21.7 Å². The zero-order valence-electron chi connectivity index (χ0n) is 16.9. The second kappa shape index (κ2) is 9.69. The molecule has 0 atom stereocenters. The Balaban J connectivity index is 1.44. The van der Waals surface area contributed by atoms with Crippen LogP contribution < -0.4 is 10.6 Å². The number of benzene rings is 1. The van der Waals surface area contributed by atoms with Gasteiger partial charge in [0.15, 0.2) is 0 Å². The summed E-state index contributed by atoms with van der Waals surface area (Å²) in [5.74, 6) is 0.544. The Hall–Kier alpha value is -3.27. The number of halogens is 1. The Morgan fingerprint density at radius 2 is 2.06 bits per heavy atom. The summed E-state index contributed by atoms with van der Waals surface area (Å²) in [6, 6.07) is 15.2. The Kier molecular flexibility index (Phi) is 6.56. The number of imidazole rings is 1. The molecule has 0 aliphatic carbocycles. The van der Waals surface area contributed by atoms with Gasteiger partial charge in [-0.2, -0.15) is 0 Å². The quantitative estimate of drug-likeness (QED) is 0.305. The first-order valence-corrected chi connectivity index (χ1v) is 10.9. The van der Waals surface area contributed by atoms with Gasteiger partial charge in [0, 0.05) is 45.9 Å². The van der Waals surface area contributed by atoms with E-state index in [-0.39, 0.29) is 5.91 Å². The molecule has 0 aliphatic heterocycles. The summed E-state index contributed by atoms with van der Waals surface area (Å²) in [6.07, 6.45) is 6.04. The Labute approximate surface area is 193 Å². The van der Waals surface area contributed by atoms with E-state index in [1.165, 1.54) is 0 Å². The number of aromatic amines is 1. The van der Waals surface area contributed by atoms with Gasteiger partial charge in [-0.1, -0.05) is 6.07 Å².